The number of nitrogens with zero attached hydrogens (tertiary/aromatic N) is 4. The molecule has 2 aromatic carbocycles. The lowest BCUT2D eigenvalue weighted by Gasteiger charge is -2.04. The normalized spacial score (nSPS) is 10.8. The minimum atomic E-state index is -0.0896. The number of thioether (sulfide) groups is 1. The molecule has 0 atom stereocenters. The number of nitrogens with one attached hydrogen (secondary N) is 1. The molecule has 8 nitrogen and oxygen atoms in total. The van der Waals surface area contributed by atoms with Crippen molar-refractivity contribution in [2.24, 2.45) is 0 Å². The number of hydrogen-bond acceptors (Lipinski definition) is 8. The summed E-state index contributed by atoms with van der Waals surface area (Å²) in [5.74, 6) is 8.01. The van der Waals surface area contributed by atoms with E-state index in [1.54, 1.807) is 7.11 Å². The Morgan fingerprint density at radius 2 is 1.91 bits per heavy atom. The number of aryl methyl sites for hydroxylation is 1. The second kappa shape index (κ2) is 9.84. The first-order valence-electron chi connectivity index (χ1n) is 9.79. The van der Waals surface area contributed by atoms with Crippen LogP contribution < -0.4 is 15.9 Å². The fourth-order valence-electron chi connectivity index (χ4n) is 2.93. The number of benzene rings is 2. The van der Waals surface area contributed by atoms with Gasteiger partial charge in [-0.2, -0.15) is 0 Å². The van der Waals surface area contributed by atoms with Gasteiger partial charge in [-0.25, -0.2) is 9.66 Å². The molecule has 0 saturated carbocycles. The van der Waals surface area contributed by atoms with Crippen LogP contribution >= 0.6 is 23.1 Å². The topological polar surface area (TPSA) is 108 Å². The first kappa shape index (κ1) is 21.8. The van der Waals surface area contributed by atoms with E-state index in [2.05, 4.69) is 20.5 Å². The van der Waals surface area contributed by atoms with E-state index in [4.69, 9.17) is 10.6 Å². The molecule has 0 unspecified atom stereocenters. The van der Waals surface area contributed by atoms with Gasteiger partial charge in [-0.05, 0) is 43.3 Å². The number of nitrogen functional groups attached to an aromatic ring is 1. The van der Waals surface area contributed by atoms with Crippen molar-refractivity contribution in [1.82, 2.24) is 19.9 Å². The molecule has 0 aliphatic rings. The Labute approximate surface area is 193 Å². The molecule has 0 saturated heterocycles. The molecule has 2 aromatic heterocycles. The van der Waals surface area contributed by atoms with E-state index in [0.717, 1.165) is 33.3 Å². The van der Waals surface area contributed by atoms with Crippen LogP contribution in [0.3, 0.4) is 0 Å². The molecule has 0 radical (unpaired) electrons. The Morgan fingerprint density at radius 3 is 2.62 bits per heavy atom. The van der Waals surface area contributed by atoms with Gasteiger partial charge in [0.25, 0.3) is 0 Å². The molecule has 32 heavy (non-hydrogen) atoms. The van der Waals surface area contributed by atoms with Gasteiger partial charge in [-0.3, -0.25) is 4.79 Å². The number of nitrogens with two attached hydrogens (primary N) is 1. The zero-order valence-corrected chi connectivity index (χ0v) is 19.2. The molecular formula is C22H22N6O2S2. The fraction of sp³-hybridized carbons (Fsp3) is 0.182. The Balaban J connectivity index is 1.33. The van der Waals surface area contributed by atoms with E-state index in [9.17, 15) is 4.79 Å². The number of ether oxygens (including phenoxy) is 1. The number of aromatic nitrogens is 4. The summed E-state index contributed by atoms with van der Waals surface area (Å²) in [5.41, 5.74) is 3.65. The fourth-order valence-corrected chi connectivity index (χ4v) is 4.57. The minimum absolute atomic E-state index is 0.0896. The number of anilines is 1. The molecule has 0 spiro atoms. The highest BCUT2D eigenvalue weighted by atomic mass is 32.2. The van der Waals surface area contributed by atoms with E-state index in [-0.39, 0.29) is 12.3 Å². The van der Waals surface area contributed by atoms with Gasteiger partial charge < -0.3 is 15.9 Å². The molecule has 4 rings (SSSR count). The van der Waals surface area contributed by atoms with Crippen molar-refractivity contribution in [1.29, 1.82) is 0 Å². The van der Waals surface area contributed by atoms with E-state index >= 15 is 0 Å². The Morgan fingerprint density at radius 1 is 1.16 bits per heavy atom. The Bertz CT molecular complexity index is 1200. The molecule has 0 bridgehead atoms. The first-order chi connectivity index (χ1) is 15.5. The highest BCUT2D eigenvalue weighted by Gasteiger charge is 2.14. The molecule has 10 heteroatoms. The van der Waals surface area contributed by atoms with Crippen LogP contribution in [-0.4, -0.2) is 32.9 Å². The monoisotopic (exact) mass is 466 g/mol. The summed E-state index contributed by atoms with van der Waals surface area (Å²) >= 11 is 2.91. The van der Waals surface area contributed by atoms with Crippen LogP contribution in [0.2, 0.25) is 0 Å². The average Bonchev–Trinajstić information content (AvgIpc) is 3.40. The van der Waals surface area contributed by atoms with Crippen molar-refractivity contribution in [2.75, 3.05) is 18.3 Å². The number of methoxy groups -OCH3 is 1. The summed E-state index contributed by atoms with van der Waals surface area (Å²) in [5, 5.41) is 14.6. The summed E-state index contributed by atoms with van der Waals surface area (Å²) in [6.07, 6.45) is 0.234. The van der Waals surface area contributed by atoms with Gasteiger partial charge in [0.1, 0.15) is 10.8 Å². The van der Waals surface area contributed by atoms with Crippen LogP contribution in [0.25, 0.3) is 11.4 Å². The van der Waals surface area contributed by atoms with Gasteiger partial charge in [0.05, 0.1) is 19.2 Å². The van der Waals surface area contributed by atoms with Gasteiger partial charge in [-0.1, -0.05) is 29.5 Å². The minimum Gasteiger partial charge on any atom is -0.497 e. The third-order valence-corrected chi connectivity index (χ3v) is 6.48. The maximum absolute atomic E-state index is 12.3. The second-order valence-corrected chi connectivity index (χ2v) is 8.90. The number of amides is 1. The number of carbonyl (C=O) groups excluding carboxylic acids is 1. The molecule has 3 N–H and O–H groups in total. The van der Waals surface area contributed by atoms with Crippen LogP contribution in [-0.2, 0) is 17.0 Å². The maximum atomic E-state index is 12.3. The predicted molar refractivity (Wildman–Crippen MR) is 127 cm³/mol. The zero-order valence-electron chi connectivity index (χ0n) is 17.6. The molecule has 164 valence electrons. The van der Waals surface area contributed by atoms with Gasteiger partial charge in [0, 0.05) is 22.4 Å². The van der Waals surface area contributed by atoms with Gasteiger partial charge in [-0.15, -0.1) is 21.5 Å². The SMILES string of the molecule is COc1ccc(-c2nnc(SCc3csc(CC(=O)Nc4ccc(C)cc4)n3)n2N)cc1. The van der Waals surface area contributed by atoms with E-state index in [1.165, 1.54) is 27.8 Å². The average molecular weight is 467 g/mol. The molecule has 0 aliphatic heterocycles. The molecule has 1 amide bonds. The van der Waals surface area contributed by atoms with Crippen molar-refractivity contribution in [3.8, 4) is 17.1 Å². The summed E-state index contributed by atoms with van der Waals surface area (Å²) in [4.78, 5) is 16.8. The van der Waals surface area contributed by atoms with E-state index in [0.29, 0.717) is 16.7 Å². The quantitative estimate of drug-likeness (QED) is 0.299. The maximum Gasteiger partial charge on any atom is 0.231 e. The number of carbonyl (C=O) groups is 1. The summed E-state index contributed by atoms with van der Waals surface area (Å²) < 4.78 is 6.65. The smallest absolute Gasteiger partial charge is 0.231 e. The highest BCUT2D eigenvalue weighted by Crippen LogP contribution is 2.26. The number of thiazole rings is 1. The summed E-state index contributed by atoms with van der Waals surface area (Å²) in [7, 11) is 1.62. The summed E-state index contributed by atoms with van der Waals surface area (Å²) in [6.45, 7) is 2.01. The van der Waals surface area contributed by atoms with Crippen molar-refractivity contribution in [3.63, 3.8) is 0 Å². The van der Waals surface area contributed by atoms with E-state index in [1.807, 2.05) is 60.8 Å². The lowest BCUT2D eigenvalue weighted by molar-refractivity contribution is -0.115. The zero-order chi connectivity index (χ0) is 22.5. The Kier molecular flexibility index (Phi) is 6.72. The lowest BCUT2D eigenvalue weighted by Crippen LogP contribution is -2.14. The van der Waals surface area contributed by atoms with E-state index < -0.39 is 0 Å². The summed E-state index contributed by atoms with van der Waals surface area (Å²) in [6, 6.07) is 15.2. The standard InChI is InChI=1S/C22H22N6O2S2/c1-14-3-7-16(8-4-14)24-19(29)11-20-25-17(12-31-20)13-32-22-27-26-21(28(22)23)15-5-9-18(30-2)10-6-15/h3-10,12H,11,13,23H2,1-2H3,(H,24,29). The van der Waals surface area contributed by atoms with Crippen molar-refractivity contribution in [3.05, 3.63) is 70.2 Å². The van der Waals surface area contributed by atoms with Crippen LogP contribution in [0.4, 0.5) is 5.69 Å². The van der Waals surface area contributed by atoms with Gasteiger partial charge >= 0.3 is 0 Å². The molecule has 0 fully saturated rings. The van der Waals surface area contributed by atoms with Crippen LogP contribution in [0.5, 0.6) is 5.75 Å². The van der Waals surface area contributed by atoms with Crippen LogP contribution in [0.1, 0.15) is 16.3 Å². The first-order valence-corrected chi connectivity index (χ1v) is 11.7. The van der Waals surface area contributed by atoms with Crippen LogP contribution in [0, 0.1) is 6.92 Å². The molecule has 0 aliphatic carbocycles. The second-order valence-electron chi connectivity index (χ2n) is 7.02. The van der Waals surface area contributed by atoms with Crippen molar-refractivity contribution < 1.29 is 9.53 Å². The van der Waals surface area contributed by atoms with Crippen LogP contribution in [0.15, 0.2) is 59.1 Å². The molecule has 2 heterocycles. The van der Waals surface area contributed by atoms with Gasteiger partial charge in [0.2, 0.25) is 11.1 Å². The number of rotatable bonds is 8. The third kappa shape index (κ3) is 5.27. The van der Waals surface area contributed by atoms with Gasteiger partial charge in [0.15, 0.2) is 5.82 Å². The molecule has 4 aromatic rings. The lowest BCUT2D eigenvalue weighted by atomic mass is 10.2. The number of hydrogen-bond donors (Lipinski definition) is 2. The molecular weight excluding hydrogens is 444 g/mol. The Hall–Kier alpha value is -3.37. The van der Waals surface area contributed by atoms with Crippen molar-refractivity contribution in [2.45, 2.75) is 24.3 Å². The third-order valence-electron chi connectivity index (χ3n) is 4.61. The van der Waals surface area contributed by atoms with Crippen molar-refractivity contribution >= 4 is 34.7 Å². The largest absolute Gasteiger partial charge is 0.497 e. The predicted octanol–water partition coefficient (Wildman–Crippen LogP) is 3.91. The highest BCUT2D eigenvalue weighted by molar-refractivity contribution is 7.98.